The summed E-state index contributed by atoms with van der Waals surface area (Å²) in [5.41, 5.74) is 4.39. The van der Waals surface area contributed by atoms with Crippen LogP contribution in [0, 0.1) is 0 Å². The topological polar surface area (TPSA) is 77.3 Å². The van der Waals surface area contributed by atoms with Crippen LogP contribution in [0.5, 0.6) is 0 Å². The predicted octanol–water partition coefficient (Wildman–Crippen LogP) is 11.1. The van der Waals surface area contributed by atoms with Crippen molar-refractivity contribution in [2.45, 2.75) is 84.5 Å². The Morgan fingerprint density at radius 1 is 0.500 bits per heavy atom. The number of benzene rings is 4. The van der Waals surface area contributed by atoms with Gasteiger partial charge < -0.3 is 9.47 Å². The minimum Gasteiger partial charge on any atom is -0.464 e. The van der Waals surface area contributed by atoms with Gasteiger partial charge in [0, 0.05) is 31.4 Å². The van der Waals surface area contributed by atoms with Gasteiger partial charge in [0.15, 0.2) is 11.4 Å². The fraction of sp³-hybridized carbons (Fsp3) is 0.333. The molecular formula is C42H44N2O4S2. The minimum atomic E-state index is -0.778. The third kappa shape index (κ3) is 8.77. The second-order valence-corrected chi connectivity index (χ2v) is 15.4. The molecule has 8 heteroatoms. The smallest absolute Gasteiger partial charge is 0.359 e. The fourth-order valence-corrected chi connectivity index (χ4v) is 9.51. The first-order valence-electron chi connectivity index (χ1n) is 17.6. The van der Waals surface area contributed by atoms with Gasteiger partial charge in [0.05, 0.1) is 25.6 Å². The highest BCUT2D eigenvalue weighted by molar-refractivity contribution is 8.00. The first kappa shape index (κ1) is 35.7. The lowest BCUT2D eigenvalue weighted by atomic mass is 10.0. The van der Waals surface area contributed by atoms with Crippen LogP contribution in [-0.2, 0) is 19.1 Å². The SMILES string of the molecule is COC(=O)C(=Nc1ccccc1-c1ccccc1SC1CCCCC1)C(=Nc1ccccc1-c1ccccc1SC1CCCCC1)C(=O)OC. The van der Waals surface area contributed by atoms with E-state index in [4.69, 9.17) is 19.5 Å². The Kier molecular flexibility index (Phi) is 12.6. The highest BCUT2D eigenvalue weighted by Crippen LogP contribution is 2.43. The second kappa shape index (κ2) is 17.7. The van der Waals surface area contributed by atoms with E-state index in [2.05, 4.69) is 36.4 Å². The molecule has 4 aromatic rings. The Bertz CT molecular complexity index is 1720. The maximum absolute atomic E-state index is 13.5. The third-order valence-electron chi connectivity index (χ3n) is 9.30. The monoisotopic (exact) mass is 704 g/mol. The number of carbonyl (C=O) groups excluding carboxylic acids is 2. The van der Waals surface area contributed by atoms with E-state index < -0.39 is 11.9 Å². The van der Waals surface area contributed by atoms with Crippen LogP contribution in [0.25, 0.3) is 22.3 Å². The van der Waals surface area contributed by atoms with Crippen molar-refractivity contribution in [2.24, 2.45) is 9.98 Å². The van der Waals surface area contributed by atoms with Crippen molar-refractivity contribution >= 4 is 58.3 Å². The molecule has 0 aromatic heterocycles. The van der Waals surface area contributed by atoms with Gasteiger partial charge >= 0.3 is 11.9 Å². The maximum atomic E-state index is 13.5. The molecule has 0 aliphatic heterocycles. The molecule has 2 aliphatic carbocycles. The number of methoxy groups -OCH3 is 2. The van der Waals surface area contributed by atoms with Crippen LogP contribution >= 0.6 is 23.5 Å². The molecule has 6 nitrogen and oxygen atoms in total. The molecule has 2 aliphatic rings. The zero-order valence-corrected chi connectivity index (χ0v) is 30.4. The van der Waals surface area contributed by atoms with Crippen LogP contribution in [-0.4, -0.2) is 48.1 Å². The number of hydrogen-bond acceptors (Lipinski definition) is 8. The normalized spacial score (nSPS) is 16.2. The number of rotatable bonds is 11. The van der Waals surface area contributed by atoms with Crippen LogP contribution in [0.15, 0.2) is 117 Å². The van der Waals surface area contributed by atoms with Gasteiger partial charge in [-0.1, -0.05) is 111 Å². The summed E-state index contributed by atoms with van der Waals surface area (Å²) in [4.78, 5) is 39.1. The highest BCUT2D eigenvalue weighted by atomic mass is 32.2. The Balaban J connectivity index is 1.43. The molecule has 0 radical (unpaired) electrons. The molecule has 2 fully saturated rings. The van der Waals surface area contributed by atoms with E-state index in [0.29, 0.717) is 21.9 Å². The lowest BCUT2D eigenvalue weighted by Gasteiger charge is -2.22. The lowest BCUT2D eigenvalue weighted by Crippen LogP contribution is -2.32. The quantitative estimate of drug-likeness (QED) is 0.114. The van der Waals surface area contributed by atoms with Gasteiger partial charge in [-0.25, -0.2) is 19.6 Å². The zero-order valence-electron chi connectivity index (χ0n) is 28.8. The summed E-state index contributed by atoms with van der Waals surface area (Å²) in [5, 5.41) is 1.13. The number of para-hydroxylation sites is 2. The lowest BCUT2D eigenvalue weighted by molar-refractivity contribution is -0.134. The van der Waals surface area contributed by atoms with Gasteiger partial charge in [-0.05, 0) is 61.1 Å². The summed E-state index contributed by atoms with van der Waals surface area (Å²) in [7, 11) is 2.56. The van der Waals surface area contributed by atoms with E-state index in [1.165, 1.54) is 88.2 Å². The average Bonchev–Trinajstić information content (AvgIpc) is 3.17. The van der Waals surface area contributed by atoms with E-state index in [1.54, 1.807) is 0 Å². The summed E-state index contributed by atoms with van der Waals surface area (Å²) < 4.78 is 10.4. The van der Waals surface area contributed by atoms with Crippen LogP contribution < -0.4 is 0 Å². The number of esters is 2. The van der Waals surface area contributed by atoms with Crippen molar-refractivity contribution in [1.82, 2.24) is 0 Å². The standard InChI is InChI=1S/C42H44N2O4S2/c1-47-41(45)39(43-35-25-13-9-21-31(35)33-23-11-15-27-37(33)49-29-17-5-3-6-18-29)40(42(46)48-2)44-36-26-14-10-22-32(36)34-24-12-16-28-38(34)50-30-19-7-4-8-20-30/h9-16,21-30H,3-8,17-20H2,1-2H3. The average molecular weight is 705 g/mol. The molecule has 0 amide bonds. The molecule has 2 saturated carbocycles. The summed E-state index contributed by atoms with van der Waals surface area (Å²) in [6, 6.07) is 32.0. The van der Waals surface area contributed by atoms with E-state index >= 15 is 0 Å². The van der Waals surface area contributed by atoms with Gasteiger partial charge in [0.25, 0.3) is 0 Å². The Hall–Kier alpha value is -4.14. The summed E-state index contributed by atoms with van der Waals surface area (Å²) in [6.07, 6.45) is 12.4. The van der Waals surface area contributed by atoms with Gasteiger partial charge in [0.2, 0.25) is 0 Å². The number of hydrogen-bond donors (Lipinski definition) is 0. The summed E-state index contributed by atoms with van der Waals surface area (Å²) in [6.45, 7) is 0. The molecule has 0 bridgehead atoms. The van der Waals surface area contributed by atoms with Crippen LogP contribution in [0.3, 0.4) is 0 Å². The van der Waals surface area contributed by atoms with Gasteiger partial charge in [0.1, 0.15) is 0 Å². The zero-order chi connectivity index (χ0) is 34.7. The van der Waals surface area contributed by atoms with Gasteiger partial charge in [-0.2, -0.15) is 0 Å². The Morgan fingerprint density at radius 2 is 0.840 bits per heavy atom. The van der Waals surface area contributed by atoms with Crippen molar-refractivity contribution < 1.29 is 19.1 Å². The van der Waals surface area contributed by atoms with E-state index in [1.807, 2.05) is 84.2 Å². The number of carbonyl (C=O) groups is 2. The van der Waals surface area contributed by atoms with Crippen molar-refractivity contribution in [2.75, 3.05) is 14.2 Å². The first-order chi connectivity index (χ1) is 24.6. The molecule has 258 valence electrons. The Morgan fingerprint density at radius 3 is 1.22 bits per heavy atom. The van der Waals surface area contributed by atoms with Crippen molar-refractivity contribution in [1.29, 1.82) is 0 Å². The summed E-state index contributed by atoms with van der Waals surface area (Å²) >= 11 is 3.83. The first-order valence-corrected chi connectivity index (χ1v) is 19.4. The van der Waals surface area contributed by atoms with E-state index in [-0.39, 0.29) is 11.4 Å². The summed E-state index contributed by atoms with van der Waals surface area (Å²) in [5.74, 6) is -1.56. The molecule has 0 unspecified atom stereocenters. The molecule has 0 heterocycles. The molecule has 0 spiro atoms. The molecule has 6 rings (SSSR count). The predicted molar refractivity (Wildman–Crippen MR) is 207 cm³/mol. The van der Waals surface area contributed by atoms with Crippen molar-refractivity contribution in [3.8, 4) is 22.3 Å². The molecule has 0 saturated heterocycles. The molecule has 50 heavy (non-hydrogen) atoms. The molecular weight excluding hydrogens is 661 g/mol. The number of ether oxygens (including phenoxy) is 2. The van der Waals surface area contributed by atoms with Gasteiger partial charge in [-0.15, -0.1) is 23.5 Å². The third-order valence-corrected chi connectivity index (χ3v) is 12.1. The van der Waals surface area contributed by atoms with Crippen molar-refractivity contribution in [3.63, 3.8) is 0 Å². The highest BCUT2D eigenvalue weighted by Gasteiger charge is 2.28. The number of nitrogens with zero attached hydrogens (tertiary/aromatic N) is 2. The fourth-order valence-electron chi connectivity index (χ4n) is 6.73. The van der Waals surface area contributed by atoms with Crippen LogP contribution in [0.2, 0.25) is 0 Å². The molecule has 0 N–H and O–H groups in total. The molecule has 4 aromatic carbocycles. The minimum absolute atomic E-state index is 0.219. The van der Waals surface area contributed by atoms with Crippen LogP contribution in [0.1, 0.15) is 64.2 Å². The number of aliphatic imine (C=N–C) groups is 2. The molecule has 0 atom stereocenters. The maximum Gasteiger partial charge on any atom is 0.359 e. The number of thioether (sulfide) groups is 2. The second-order valence-electron chi connectivity index (χ2n) is 12.7. The van der Waals surface area contributed by atoms with Crippen LogP contribution in [0.4, 0.5) is 11.4 Å². The van der Waals surface area contributed by atoms with E-state index in [0.717, 1.165) is 22.3 Å². The Labute approximate surface area is 304 Å². The largest absolute Gasteiger partial charge is 0.464 e. The van der Waals surface area contributed by atoms with E-state index in [9.17, 15) is 9.59 Å². The van der Waals surface area contributed by atoms with Gasteiger partial charge in [-0.3, -0.25) is 0 Å². The van der Waals surface area contributed by atoms with Crippen molar-refractivity contribution in [3.05, 3.63) is 97.1 Å².